The summed E-state index contributed by atoms with van der Waals surface area (Å²) in [6, 6.07) is 0.605. The highest BCUT2D eigenvalue weighted by Crippen LogP contribution is 2.45. The second-order valence-electron chi connectivity index (χ2n) is 7.82. The number of hydrogen-bond donors (Lipinski definition) is 3. The fourth-order valence-electron chi connectivity index (χ4n) is 4.80. The highest BCUT2D eigenvalue weighted by atomic mass is 16.5. The molecule has 142 valence electrons. The zero-order valence-electron chi connectivity index (χ0n) is 15.1. The molecule has 2 aliphatic carbocycles. The van der Waals surface area contributed by atoms with Gasteiger partial charge >= 0.3 is 12.0 Å². The maximum atomic E-state index is 12.4. The molecule has 1 unspecified atom stereocenters. The lowest BCUT2D eigenvalue weighted by Crippen LogP contribution is -2.58. The van der Waals surface area contributed by atoms with Crippen molar-refractivity contribution >= 4 is 12.0 Å². The summed E-state index contributed by atoms with van der Waals surface area (Å²) in [5.41, 5.74) is 0.234. The number of rotatable bonds is 6. The second-order valence-corrected chi connectivity index (χ2v) is 7.82. The Morgan fingerprint density at radius 1 is 1.20 bits per heavy atom. The van der Waals surface area contributed by atoms with Gasteiger partial charge in [-0.3, -0.25) is 9.69 Å². The van der Waals surface area contributed by atoms with Crippen LogP contribution in [0.4, 0.5) is 4.79 Å². The van der Waals surface area contributed by atoms with Gasteiger partial charge in [0.2, 0.25) is 0 Å². The Bertz CT molecular complexity index is 487. The van der Waals surface area contributed by atoms with Crippen LogP contribution in [0.1, 0.15) is 51.9 Å². The standard InChI is InChI=1S/C18H31N3O4/c1-2-21(12-16(22)23)14-10-13(11-14)19-17(24)20-15-4-3-5-18(15)6-8-25-9-7-18/h13-15H,2-12H2,1H3,(H,22,23)(H2,19,20,24). The lowest BCUT2D eigenvalue weighted by Gasteiger charge is -2.43. The molecule has 0 aromatic rings. The quantitative estimate of drug-likeness (QED) is 0.674. The molecule has 7 heteroatoms. The van der Waals surface area contributed by atoms with Crippen molar-refractivity contribution in [3.8, 4) is 0 Å². The van der Waals surface area contributed by atoms with Gasteiger partial charge in [0.05, 0.1) is 6.54 Å². The number of carboxylic acids is 1. The third-order valence-electron chi connectivity index (χ3n) is 6.41. The summed E-state index contributed by atoms with van der Waals surface area (Å²) in [5.74, 6) is -0.793. The minimum absolute atomic E-state index is 0.0671. The summed E-state index contributed by atoms with van der Waals surface area (Å²) in [6.07, 6.45) is 7.18. The molecule has 1 aliphatic heterocycles. The zero-order valence-corrected chi connectivity index (χ0v) is 15.1. The van der Waals surface area contributed by atoms with Gasteiger partial charge in [-0.2, -0.15) is 0 Å². The molecule has 1 atom stereocenters. The van der Waals surface area contributed by atoms with E-state index in [1.807, 2.05) is 11.8 Å². The van der Waals surface area contributed by atoms with Crippen LogP contribution in [-0.2, 0) is 9.53 Å². The molecule has 3 aliphatic rings. The molecule has 2 amide bonds. The summed E-state index contributed by atoms with van der Waals surface area (Å²) in [4.78, 5) is 25.2. The second kappa shape index (κ2) is 7.91. The predicted molar refractivity (Wildman–Crippen MR) is 93.5 cm³/mol. The Kier molecular flexibility index (Phi) is 5.84. The van der Waals surface area contributed by atoms with E-state index in [1.54, 1.807) is 0 Å². The first kappa shape index (κ1) is 18.5. The summed E-state index contributed by atoms with van der Waals surface area (Å²) < 4.78 is 5.50. The van der Waals surface area contributed by atoms with E-state index in [4.69, 9.17) is 9.84 Å². The maximum Gasteiger partial charge on any atom is 0.317 e. The molecule has 1 spiro atoms. The monoisotopic (exact) mass is 353 g/mol. The average Bonchev–Trinajstić information content (AvgIpc) is 2.91. The number of urea groups is 1. The first-order valence-corrected chi connectivity index (χ1v) is 9.63. The Balaban J connectivity index is 1.42. The van der Waals surface area contributed by atoms with Gasteiger partial charge in [0.15, 0.2) is 0 Å². The van der Waals surface area contributed by atoms with Gasteiger partial charge < -0.3 is 20.5 Å². The third kappa shape index (κ3) is 4.26. The van der Waals surface area contributed by atoms with Gasteiger partial charge in [-0.1, -0.05) is 13.3 Å². The van der Waals surface area contributed by atoms with Crippen molar-refractivity contribution in [3.05, 3.63) is 0 Å². The van der Waals surface area contributed by atoms with E-state index in [2.05, 4.69) is 10.6 Å². The summed E-state index contributed by atoms with van der Waals surface area (Å²) in [5, 5.41) is 15.2. The van der Waals surface area contributed by atoms with E-state index < -0.39 is 5.97 Å². The first-order valence-electron chi connectivity index (χ1n) is 9.63. The van der Waals surface area contributed by atoms with E-state index in [-0.39, 0.29) is 36.1 Å². The minimum atomic E-state index is -0.793. The molecule has 0 radical (unpaired) electrons. The molecule has 0 aromatic carbocycles. The topological polar surface area (TPSA) is 90.9 Å². The molecule has 2 saturated carbocycles. The van der Waals surface area contributed by atoms with Crippen molar-refractivity contribution in [1.82, 2.24) is 15.5 Å². The number of hydrogen-bond acceptors (Lipinski definition) is 4. The fraction of sp³-hybridized carbons (Fsp3) is 0.889. The van der Waals surface area contributed by atoms with Crippen molar-refractivity contribution in [3.63, 3.8) is 0 Å². The number of likely N-dealkylation sites (N-methyl/N-ethyl adjacent to an activating group) is 1. The van der Waals surface area contributed by atoms with Gasteiger partial charge in [-0.15, -0.1) is 0 Å². The molecular formula is C18H31N3O4. The van der Waals surface area contributed by atoms with E-state index >= 15 is 0 Å². The Morgan fingerprint density at radius 2 is 1.92 bits per heavy atom. The van der Waals surface area contributed by atoms with Crippen molar-refractivity contribution in [1.29, 1.82) is 0 Å². The number of ether oxygens (including phenoxy) is 1. The maximum absolute atomic E-state index is 12.4. The van der Waals surface area contributed by atoms with Crippen LogP contribution in [0.2, 0.25) is 0 Å². The van der Waals surface area contributed by atoms with Crippen molar-refractivity contribution in [2.75, 3.05) is 26.3 Å². The molecule has 1 saturated heterocycles. The summed E-state index contributed by atoms with van der Waals surface area (Å²) in [7, 11) is 0. The highest BCUT2D eigenvalue weighted by Gasteiger charge is 2.44. The Morgan fingerprint density at radius 3 is 2.56 bits per heavy atom. The number of carbonyl (C=O) groups is 2. The van der Waals surface area contributed by atoms with Crippen LogP contribution in [-0.4, -0.2) is 66.4 Å². The van der Waals surface area contributed by atoms with E-state index in [0.29, 0.717) is 0 Å². The fourth-order valence-corrected chi connectivity index (χ4v) is 4.80. The van der Waals surface area contributed by atoms with E-state index in [0.717, 1.165) is 51.9 Å². The predicted octanol–water partition coefficient (Wildman–Crippen LogP) is 1.57. The molecule has 3 fully saturated rings. The van der Waals surface area contributed by atoms with Crippen LogP contribution < -0.4 is 10.6 Å². The average molecular weight is 353 g/mol. The minimum Gasteiger partial charge on any atom is -0.480 e. The Labute approximate surface area is 149 Å². The molecule has 3 rings (SSSR count). The van der Waals surface area contributed by atoms with Gasteiger partial charge in [-0.05, 0) is 50.5 Å². The summed E-state index contributed by atoms with van der Waals surface area (Å²) >= 11 is 0. The SMILES string of the molecule is CCN(CC(=O)O)C1CC(NC(=O)NC2CCCC23CCOCC3)C1. The number of aliphatic carboxylic acids is 1. The normalized spacial score (nSPS) is 30.9. The number of nitrogens with zero attached hydrogens (tertiary/aromatic N) is 1. The van der Waals surface area contributed by atoms with E-state index in [1.165, 1.54) is 12.8 Å². The van der Waals surface area contributed by atoms with Crippen LogP contribution in [0.15, 0.2) is 0 Å². The molecular weight excluding hydrogens is 322 g/mol. The molecule has 1 heterocycles. The number of carbonyl (C=O) groups excluding carboxylic acids is 1. The number of carboxylic acid groups (broad SMARTS) is 1. The number of nitrogens with one attached hydrogen (secondary N) is 2. The van der Waals surface area contributed by atoms with E-state index in [9.17, 15) is 9.59 Å². The third-order valence-corrected chi connectivity index (χ3v) is 6.41. The lowest BCUT2D eigenvalue weighted by molar-refractivity contribution is -0.139. The van der Waals surface area contributed by atoms with Crippen LogP contribution in [0.3, 0.4) is 0 Å². The molecule has 7 nitrogen and oxygen atoms in total. The van der Waals surface area contributed by atoms with Crippen LogP contribution in [0, 0.1) is 5.41 Å². The van der Waals surface area contributed by atoms with Gasteiger partial charge in [-0.25, -0.2) is 4.79 Å². The lowest BCUT2D eigenvalue weighted by atomic mass is 9.75. The van der Waals surface area contributed by atoms with Crippen LogP contribution in [0.25, 0.3) is 0 Å². The summed E-state index contributed by atoms with van der Waals surface area (Å²) in [6.45, 7) is 4.39. The van der Waals surface area contributed by atoms with Crippen LogP contribution in [0.5, 0.6) is 0 Å². The van der Waals surface area contributed by atoms with Crippen molar-refractivity contribution in [2.24, 2.45) is 5.41 Å². The Hall–Kier alpha value is -1.34. The van der Waals surface area contributed by atoms with Gasteiger partial charge in [0.25, 0.3) is 0 Å². The van der Waals surface area contributed by atoms with Crippen molar-refractivity contribution in [2.45, 2.75) is 70.0 Å². The molecule has 0 aromatic heterocycles. The first-order chi connectivity index (χ1) is 12.0. The smallest absolute Gasteiger partial charge is 0.317 e. The van der Waals surface area contributed by atoms with Crippen LogP contribution >= 0.6 is 0 Å². The number of amides is 2. The zero-order chi connectivity index (χ0) is 17.9. The molecule has 25 heavy (non-hydrogen) atoms. The van der Waals surface area contributed by atoms with Crippen molar-refractivity contribution < 1.29 is 19.4 Å². The van der Waals surface area contributed by atoms with Gasteiger partial charge in [0.1, 0.15) is 0 Å². The highest BCUT2D eigenvalue weighted by molar-refractivity contribution is 5.75. The van der Waals surface area contributed by atoms with Gasteiger partial charge in [0, 0.05) is 31.3 Å². The molecule has 3 N–H and O–H groups in total. The largest absolute Gasteiger partial charge is 0.480 e. The molecule has 0 bridgehead atoms.